The lowest BCUT2D eigenvalue weighted by atomic mass is 9.84. The maximum atomic E-state index is 10.1. The largest absolute Gasteiger partial charge is 0.386 e. The van der Waals surface area contributed by atoms with Gasteiger partial charge in [0.15, 0.2) is 10.8 Å². The number of amidine groups is 1. The molecule has 0 radical (unpaired) electrons. The van der Waals surface area contributed by atoms with Crippen molar-refractivity contribution in [2.45, 2.75) is 31.3 Å². The quantitative estimate of drug-likeness (QED) is 0.841. The van der Waals surface area contributed by atoms with E-state index in [-0.39, 0.29) is 18.5 Å². The number of halogens is 1. The number of nitriles is 2. The zero-order valence-corrected chi connectivity index (χ0v) is 14.0. The van der Waals surface area contributed by atoms with Gasteiger partial charge >= 0.3 is 0 Å². The molecule has 2 fully saturated rings. The fourth-order valence-electron chi connectivity index (χ4n) is 4.62. The second kappa shape index (κ2) is 4.29. The number of aliphatic imine (C=N–C) groups is 1. The van der Waals surface area contributed by atoms with E-state index in [1.165, 1.54) is 0 Å². The monoisotopic (exact) mass is 342 g/mol. The normalized spacial score (nSPS) is 45.4. The van der Waals surface area contributed by atoms with Crippen molar-refractivity contribution < 1.29 is 9.47 Å². The van der Waals surface area contributed by atoms with E-state index < -0.39 is 22.2 Å². The summed E-state index contributed by atoms with van der Waals surface area (Å²) >= 11 is 6.13. The third-order valence-electron chi connectivity index (χ3n) is 5.74. The molecule has 5 atom stereocenters. The van der Waals surface area contributed by atoms with Crippen molar-refractivity contribution in [3.63, 3.8) is 0 Å². The molecule has 2 aliphatic heterocycles. The SMILES string of the molecule is C[C@@H]1CO[C@@]2(N=C(N)[C@@]3(C#N)[C@](C)(c4cccc(Cl)c4)[C@@]23C#N)O1. The predicted molar refractivity (Wildman–Crippen MR) is 85.7 cm³/mol. The maximum absolute atomic E-state index is 10.1. The molecule has 0 aromatic heterocycles. The standard InChI is InChI=1S/C17H15ClN4O2/c1-10-7-23-17(24-10)16(9-20)14(2,11-4-3-5-12(18)6-11)15(16,8-19)13(21)22-17/h3-6,10H,7H2,1-2H3,(H2,21,22)/t10-,14+,15+,16-,17-/m1/s1. The average molecular weight is 343 g/mol. The van der Waals surface area contributed by atoms with Gasteiger partial charge in [-0.2, -0.15) is 10.5 Å². The fraction of sp³-hybridized carbons (Fsp3) is 0.471. The minimum absolute atomic E-state index is 0.0723. The van der Waals surface area contributed by atoms with Crippen molar-refractivity contribution in [1.29, 1.82) is 10.5 Å². The molecule has 0 amide bonds. The third-order valence-corrected chi connectivity index (χ3v) is 5.97. The second-order valence-electron chi connectivity index (χ2n) is 6.68. The second-order valence-corrected chi connectivity index (χ2v) is 7.11. The van der Waals surface area contributed by atoms with Crippen LogP contribution in [0.15, 0.2) is 29.3 Å². The Morgan fingerprint density at radius 3 is 2.67 bits per heavy atom. The smallest absolute Gasteiger partial charge is 0.294 e. The van der Waals surface area contributed by atoms with Crippen LogP contribution in [0.4, 0.5) is 0 Å². The Kier molecular flexibility index (Phi) is 2.75. The van der Waals surface area contributed by atoms with Gasteiger partial charge in [-0.25, -0.2) is 4.99 Å². The van der Waals surface area contributed by atoms with Crippen molar-refractivity contribution in [3.8, 4) is 12.1 Å². The summed E-state index contributed by atoms with van der Waals surface area (Å²) in [6.07, 6.45) is -0.245. The van der Waals surface area contributed by atoms with Gasteiger partial charge in [-0.05, 0) is 24.6 Å². The molecule has 3 aliphatic rings. The summed E-state index contributed by atoms with van der Waals surface area (Å²) in [4.78, 5) is 4.30. The van der Waals surface area contributed by atoms with Crippen LogP contribution in [-0.2, 0) is 14.9 Å². The van der Waals surface area contributed by atoms with Crippen LogP contribution in [0.1, 0.15) is 19.4 Å². The summed E-state index contributed by atoms with van der Waals surface area (Å²) in [5.74, 6) is -1.49. The summed E-state index contributed by atoms with van der Waals surface area (Å²) in [6, 6.07) is 11.6. The summed E-state index contributed by atoms with van der Waals surface area (Å²) < 4.78 is 11.7. The van der Waals surface area contributed by atoms with Crippen molar-refractivity contribution in [2.75, 3.05) is 6.61 Å². The molecule has 1 saturated heterocycles. The van der Waals surface area contributed by atoms with Gasteiger partial charge in [-0.15, -0.1) is 0 Å². The van der Waals surface area contributed by atoms with Gasteiger partial charge in [0.2, 0.25) is 0 Å². The van der Waals surface area contributed by atoms with Crippen molar-refractivity contribution in [1.82, 2.24) is 0 Å². The summed E-state index contributed by atoms with van der Waals surface area (Å²) in [7, 11) is 0. The maximum Gasteiger partial charge on any atom is 0.294 e. The summed E-state index contributed by atoms with van der Waals surface area (Å²) in [5.41, 5.74) is 3.28. The van der Waals surface area contributed by atoms with Gasteiger partial charge in [0.25, 0.3) is 5.91 Å². The number of fused-ring (bicyclic) bond motifs is 2. The minimum Gasteiger partial charge on any atom is -0.386 e. The molecule has 0 bridgehead atoms. The van der Waals surface area contributed by atoms with Crippen LogP contribution in [0.2, 0.25) is 5.02 Å². The van der Waals surface area contributed by atoms with Crippen molar-refractivity contribution in [2.24, 2.45) is 21.6 Å². The number of nitrogens with two attached hydrogens (primary N) is 1. The molecule has 122 valence electrons. The molecular formula is C17H15ClN4O2. The van der Waals surface area contributed by atoms with E-state index in [0.717, 1.165) is 5.56 Å². The van der Waals surface area contributed by atoms with Crippen LogP contribution in [-0.4, -0.2) is 24.5 Å². The number of hydrogen-bond donors (Lipinski definition) is 1. The number of ether oxygens (including phenoxy) is 2. The van der Waals surface area contributed by atoms with Crippen LogP contribution in [0.5, 0.6) is 0 Å². The van der Waals surface area contributed by atoms with Gasteiger partial charge in [0.1, 0.15) is 5.84 Å². The Morgan fingerprint density at radius 1 is 1.38 bits per heavy atom. The lowest BCUT2D eigenvalue weighted by molar-refractivity contribution is -0.196. The van der Waals surface area contributed by atoms with Crippen LogP contribution < -0.4 is 5.73 Å². The van der Waals surface area contributed by atoms with Gasteiger partial charge < -0.3 is 15.2 Å². The first-order valence-corrected chi connectivity index (χ1v) is 7.99. The predicted octanol–water partition coefficient (Wildman–Crippen LogP) is 2.09. The molecule has 1 aromatic rings. The molecule has 2 N–H and O–H groups in total. The Morgan fingerprint density at radius 2 is 2.12 bits per heavy atom. The number of benzene rings is 1. The van der Waals surface area contributed by atoms with E-state index in [2.05, 4.69) is 17.1 Å². The van der Waals surface area contributed by atoms with E-state index in [0.29, 0.717) is 5.02 Å². The molecule has 7 heteroatoms. The van der Waals surface area contributed by atoms with E-state index in [9.17, 15) is 10.5 Å². The first kappa shape index (κ1) is 15.4. The topological polar surface area (TPSA) is 104 Å². The van der Waals surface area contributed by atoms with Crippen molar-refractivity contribution >= 4 is 17.4 Å². The van der Waals surface area contributed by atoms with Crippen LogP contribution in [0.25, 0.3) is 0 Å². The van der Waals surface area contributed by atoms with Gasteiger partial charge in [-0.3, -0.25) is 0 Å². The first-order valence-electron chi connectivity index (χ1n) is 7.61. The molecule has 1 aromatic carbocycles. The molecule has 4 rings (SSSR count). The van der Waals surface area contributed by atoms with E-state index in [4.69, 9.17) is 26.8 Å². The summed E-state index contributed by atoms with van der Waals surface area (Å²) in [5, 5.41) is 20.7. The van der Waals surface area contributed by atoms with Crippen molar-refractivity contribution in [3.05, 3.63) is 34.9 Å². The highest BCUT2D eigenvalue weighted by atomic mass is 35.5. The molecule has 1 spiro atoms. The highest BCUT2D eigenvalue weighted by Gasteiger charge is 3.00. The number of hydrogen-bond acceptors (Lipinski definition) is 6. The molecule has 1 aliphatic carbocycles. The Labute approximate surface area is 144 Å². The lowest BCUT2D eigenvalue weighted by Crippen LogP contribution is -2.42. The van der Waals surface area contributed by atoms with E-state index in [1.54, 1.807) is 18.2 Å². The van der Waals surface area contributed by atoms with Gasteiger partial charge in [0.05, 0.1) is 24.8 Å². The molecule has 2 heterocycles. The molecule has 6 nitrogen and oxygen atoms in total. The first-order chi connectivity index (χ1) is 11.3. The summed E-state index contributed by atoms with van der Waals surface area (Å²) in [6.45, 7) is 3.94. The Hall–Kier alpha value is -2.12. The lowest BCUT2D eigenvalue weighted by Gasteiger charge is -2.30. The Bertz CT molecular complexity index is 874. The van der Waals surface area contributed by atoms with E-state index in [1.807, 2.05) is 19.9 Å². The fourth-order valence-corrected chi connectivity index (χ4v) is 4.81. The molecule has 0 unspecified atom stereocenters. The van der Waals surface area contributed by atoms with Crippen LogP contribution in [0.3, 0.4) is 0 Å². The average Bonchev–Trinajstić information content (AvgIpc) is 2.73. The molecule has 24 heavy (non-hydrogen) atoms. The zero-order valence-electron chi connectivity index (χ0n) is 13.2. The third kappa shape index (κ3) is 1.23. The number of rotatable bonds is 1. The Balaban J connectivity index is 2.00. The van der Waals surface area contributed by atoms with Crippen LogP contribution in [0, 0.1) is 33.5 Å². The molecular weight excluding hydrogens is 328 g/mol. The van der Waals surface area contributed by atoms with Gasteiger partial charge in [0, 0.05) is 10.4 Å². The van der Waals surface area contributed by atoms with Crippen LogP contribution >= 0.6 is 11.6 Å². The highest BCUT2D eigenvalue weighted by molar-refractivity contribution is 6.30. The molecule has 1 saturated carbocycles. The van der Waals surface area contributed by atoms with Gasteiger partial charge in [-0.1, -0.05) is 30.7 Å². The van der Waals surface area contributed by atoms with E-state index >= 15 is 0 Å². The number of nitrogens with zero attached hydrogens (tertiary/aromatic N) is 3. The highest BCUT2D eigenvalue weighted by Crippen LogP contribution is 2.85. The minimum atomic E-state index is -1.56. The zero-order chi connectivity index (χ0) is 17.4.